The molecule has 142 valence electrons. The molecule has 0 bridgehead atoms. The number of nitrogens with one attached hydrogen (secondary N) is 2. The number of rotatable bonds is 5. The van der Waals surface area contributed by atoms with Crippen LogP contribution in [0.2, 0.25) is 5.02 Å². The summed E-state index contributed by atoms with van der Waals surface area (Å²) in [6, 6.07) is 7.61. The van der Waals surface area contributed by atoms with Crippen LogP contribution in [-0.4, -0.2) is 38.9 Å². The van der Waals surface area contributed by atoms with Crippen LogP contribution in [0.25, 0.3) is 0 Å². The van der Waals surface area contributed by atoms with Gasteiger partial charge in [-0.3, -0.25) is 9.59 Å². The summed E-state index contributed by atoms with van der Waals surface area (Å²) < 4.78 is 1.79. The van der Waals surface area contributed by atoms with Crippen LogP contribution >= 0.6 is 11.6 Å². The predicted octanol–water partition coefficient (Wildman–Crippen LogP) is 2.74. The molecule has 0 atom stereocenters. The van der Waals surface area contributed by atoms with Gasteiger partial charge in [0.25, 0.3) is 11.8 Å². The molecule has 2 amide bonds. The molecule has 2 N–H and O–H groups in total. The van der Waals surface area contributed by atoms with Crippen LogP contribution in [0.5, 0.6) is 0 Å². The van der Waals surface area contributed by atoms with Gasteiger partial charge < -0.3 is 10.6 Å². The maximum absolute atomic E-state index is 12.3. The van der Waals surface area contributed by atoms with Gasteiger partial charge in [0.15, 0.2) is 5.69 Å². The fraction of sp³-hybridized carbons (Fsp3) is 0.474. The fourth-order valence-corrected chi connectivity index (χ4v) is 3.62. The summed E-state index contributed by atoms with van der Waals surface area (Å²) in [6.07, 6.45) is 7.31. The van der Waals surface area contributed by atoms with Gasteiger partial charge in [0, 0.05) is 22.7 Å². The topological polar surface area (TPSA) is 88.9 Å². The number of carbonyl (C=O) groups excluding carboxylic acids is 2. The van der Waals surface area contributed by atoms with E-state index < -0.39 is 0 Å². The largest absolute Gasteiger partial charge is 0.349 e. The first kappa shape index (κ1) is 18.0. The maximum atomic E-state index is 12.3. The quantitative estimate of drug-likeness (QED) is 0.825. The number of halogens is 1. The first-order valence-electron chi connectivity index (χ1n) is 9.37. The van der Waals surface area contributed by atoms with Crippen molar-refractivity contribution in [3.63, 3.8) is 0 Å². The van der Waals surface area contributed by atoms with E-state index >= 15 is 0 Å². The summed E-state index contributed by atoms with van der Waals surface area (Å²) in [7, 11) is 0. The molecule has 0 spiro atoms. The Hall–Kier alpha value is -2.41. The molecule has 27 heavy (non-hydrogen) atoms. The van der Waals surface area contributed by atoms with Gasteiger partial charge in [-0.2, -0.15) is 0 Å². The lowest BCUT2D eigenvalue weighted by Gasteiger charge is -2.29. The van der Waals surface area contributed by atoms with Gasteiger partial charge in [0.2, 0.25) is 0 Å². The SMILES string of the molecule is O=C(NC1CCC(n2cc(C(=O)NC3CC3)nn2)CC1)c1cccc(Cl)c1. The van der Waals surface area contributed by atoms with Gasteiger partial charge in [0.05, 0.1) is 12.2 Å². The number of hydrogen-bond donors (Lipinski definition) is 2. The summed E-state index contributed by atoms with van der Waals surface area (Å²) in [4.78, 5) is 24.4. The average Bonchev–Trinajstić information content (AvgIpc) is 3.34. The number of amides is 2. The van der Waals surface area contributed by atoms with Crippen molar-refractivity contribution < 1.29 is 9.59 Å². The number of benzene rings is 1. The highest BCUT2D eigenvalue weighted by Crippen LogP contribution is 2.28. The molecule has 8 heteroatoms. The van der Waals surface area contributed by atoms with E-state index in [1.54, 1.807) is 35.1 Å². The summed E-state index contributed by atoms with van der Waals surface area (Å²) in [5, 5.41) is 14.7. The third-order valence-corrected chi connectivity index (χ3v) is 5.38. The zero-order valence-corrected chi connectivity index (χ0v) is 15.7. The minimum Gasteiger partial charge on any atom is -0.349 e. The number of carbonyl (C=O) groups is 2. The van der Waals surface area contributed by atoms with Crippen molar-refractivity contribution in [2.75, 3.05) is 0 Å². The molecule has 1 aromatic carbocycles. The molecule has 2 saturated carbocycles. The normalized spacial score (nSPS) is 22.3. The van der Waals surface area contributed by atoms with Crippen LogP contribution in [0.3, 0.4) is 0 Å². The molecule has 1 aromatic heterocycles. The second-order valence-electron chi connectivity index (χ2n) is 7.32. The Kier molecular flexibility index (Phi) is 5.11. The summed E-state index contributed by atoms with van der Waals surface area (Å²) >= 11 is 5.95. The average molecular weight is 388 g/mol. The second-order valence-corrected chi connectivity index (χ2v) is 7.76. The highest BCUT2D eigenvalue weighted by molar-refractivity contribution is 6.30. The summed E-state index contributed by atoms with van der Waals surface area (Å²) in [5.41, 5.74) is 0.950. The van der Waals surface area contributed by atoms with Crippen molar-refractivity contribution in [3.05, 3.63) is 46.7 Å². The van der Waals surface area contributed by atoms with Gasteiger partial charge in [-0.15, -0.1) is 5.10 Å². The molecule has 0 radical (unpaired) electrons. The summed E-state index contributed by atoms with van der Waals surface area (Å²) in [5.74, 6) is -0.244. The molecule has 0 saturated heterocycles. The maximum Gasteiger partial charge on any atom is 0.273 e. The Morgan fingerprint density at radius 1 is 1.00 bits per heavy atom. The highest BCUT2D eigenvalue weighted by atomic mass is 35.5. The predicted molar refractivity (Wildman–Crippen MR) is 101 cm³/mol. The molecular weight excluding hydrogens is 366 g/mol. The first-order chi connectivity index (χ1) is 13.1. The molecule has 2 fully saturated rings. The zero-order chi connectivity index (χ0) is 18.8. The Labute approximate surface area is 162 Å². The first-order valence-corrected chi connectivity index (χ1v) is 9.75. The fourth-order valence-electron chi connectivity index (χ4n) is 3.43. The van der Waals surface area contributed by atoms with E-state index in [2.05, 4.69) is 20.9 Å². The van der Waals surface area contributed by atoms with Crippen molar-refractivity contribution in [2.45, 2.75) is 56.7 Å². The number of nitrogens with zero attached hydrogens (tertiary/aromatic N) is 3. The van der Waals surface area contributed by atoms with E-state index in [1.807, 2.05) is 0 Å². The molecule has 0 aliphatic heterocycles. The second kappa shape index (κ2) is 7.68. The molecule has 1 heterocycles. The number of hydrogen-bond acceptors (Lipinski definition) is 4. The van der Waals surface area contributed by atoms with Gasteiger partial charge in [-0.05, 0) is 56.7 Å². The molecule has 0 unspecified atom stereocenters. The van der Waals surface area contributed by atoms with Crippen LogP contribution < -0.4 is 10.6 Å². The van der Waals surface area contributed by atoms with E-state index in [-0.39, 0.29) is 23.9 Å². The molecule has 7 nitrogen and oxygen atoms in total. The Balaban J connectivity index is 1.29. The van der Waals surface area contributed by atoms with E-state index in [1.165, 1.54) is 0 Å². The van der Waals surface area contributed by atoms with Crippen molar-refractivity contribution in [1.82, 2.24) is 25.6 Å². The van der Waals surface area contributed by atoms with E-state index in [9.17, 15) is 9.59 Å². The lowest BCUT2D eigenvalue weighted by molar-refractivity contribution is 0.0918. The lowest BCUT2D eigenvalue weighted by atomic mass is 9.91. The lowest BCUT2D eigenvalue weighted by Crippen LogP contribution is -2.38. The third-order valence-electron chi connectivity index (χ3n) is 5.15. The number of aromatic nitrogens is 3. The third kappa shape index (κ3) is 4.47. The Morgan fingerprint density at radius 2 is 1.67 bits per heavy atom. The van der Waals surface area contributed by atoms with Crippen LogP contribution in [0.1, 0.15) is 65.4 Å². The van der Waals surface area contributed by atoms with Crippen molar-refractivity contribution in [2.24, 2.45) is 0 Å². The molecular formula is C19H22ClN5O2. The van der Waals surface area contributed by atoms with Gasteiger partial charge in [-0.1, -0.05) is 22.9 Å². The monoisotopic (exact) mass is 387 g/mol. The van der Waals surface area contributed by atoms with E-state index in [0.717, 1.165) is 38.5 Å². The molecule has 4 rings (SSSR count). The Morgan fingerprint density at radius 3 is 2.33 bits per heavy atom. The van der Waals surface area contributed by atoms with E-state index in [4.69, 9.17) is 11.6 Å². The molecule has 2 aliphatic carbocycles. The standard InChI is InChI=1S/C19H22ClN5O2/c20-13-3-1-2-12(10-13)18(26)21-15-6-8-16(9-7-15)25-11-17(23-24-25)19(27)22-14-4-5-14/h1-3,10-11,14-16H,4-9H2,(H,21,26)(H,22,27). The van der Waals surface area contributed by atoms with Crippen LogP contribution in [0.4, 0.5) is 0 Å². The van der Waals surface area contributed by atoms with Crippen LogP contribution in [0, 0.1) is 0 Å². The van der Waals surface area contributed by atoms with Crippen LogP contribution in [0.15, 0.2) is 30.5 Å². The zero-order valence-electron chi connectivity index (χ0n) is 14.9. The summed E-state index contributed by atoms with van der Waals surface area (Å²) in [6.45, 7) is 0. The molecule has 2 aromatic rings. The van der Waals surface area contributed by atoms with Gasteiger partial charge in [0.1, 0.15) is 0 Å². The minimum absolute atomic E-state index is 0.0965. The smallest absolute Gasteiger partial charge is 0.273 e. The van der Waals surface area contributed by atoms with Gasteiger partial charge in [-0.25, -0.2) is 4.68 Å². The van der Waals surface area contributed by atoms with Crippen molar-refractivity contribution >= 4 is 23.4 Å². The highest BCUT2D eigenvalue weighted by Gasteiger charge is 2.27. The van der Waals surface area contributed by atoms with Crippen molar-refractivity contribution in [1.29, 1.82) is 0 Å². The van der Waals surface area contributed by atoms with Crippen molar-refractivity contribution in [3.8, 4) is 0 Å². The van der Waals surface area contributed by atoms with Gasteiger partial charge >= 0.3 is 0 Å². The molecule has 2 aliphatic rings. The van der Waals surface area contributed by atoms with Crippen LogP contribution in [-0.2, 0) is 0 Å². The minimum atomic E-state index is -0.147. The Bertz CT molecular complexity index is 840. The van der Waals surface area contributed by atoms with E-state index in [0.29, 0.717) is 22.3 Å².